The fourth-order valence-electron chi connectivity index (χ4n) is 3.80. The van der Waals surface area contributed by atoms with E-state index in [0.717, 1.165) is 43.5 Å². The summed E-state index contributed by atoms with van der Waals surface area (Å²) in [5, 5.41) is 10.8. The molecule has 2 heterocycles. The predicted molar refractivity (Wildman–Crippen MR) is 118 cm³/mol. The lowest BCUT2D eigenvalue weighted by atomic mass is 10.1. The van der Waals surface area contributed by atoms with Crippen molar-refractivity contribution in [3.8, 4) is 0 Å². The molecule has 1 aliphatic heterocycles. The van der Waals surface area contributed by atoms with Crippen molar-refractivity contribution in [2.24, 2.45) is 4.99 Å². The Labute approximate surface area is 174 Å². The molecule has 1 aromatic heterocycles. The van der Waals surface area contributed by atoms with Gasteiger partial charge in [0.2, 0.25) is 0 Å². The number of hydrogen-bond acceptors (Lipinski definition) is 4. The van der Waals surface area contributed by atoms with Gasteiger partial charge in [0.05, 0.1) is 12.2 Å². The van der Waals surface area contributed by atoms with E-state index in [9.17, 15) is 0 Å². The first-order chi connectivity index (χ1) is 14.2. The maximum absolute atomic E-state index is 5.24. The van der Waals surface area contributed by atoms with Gasteiger partial charge in [0.1, 0.15) is 5.76 Å². The van der Waals surface area contributed by atoms with Crippen molar-refractivity contribution in [3.05, 3.63) is 52.4 Å². The van der Waals surface area contributed by atoms with Crippen molar-refractivity contribution in [1.82, 2.24) is 20.7 Å². The third-order valence-electron chi connectivity index (χ3n) is 5.49. The van der Waals surface area contributed by atoms with Crippen molar-refractivity contribution in [3.63, 3.8) is 0 Å². The Morgan fingerprint density at radius 3 is 2.45 bits per heavy atom. The monoisotopic (exact) mass is 397 g/mol. The molecule has 0 bridgehead atoms. The average Bonchev–Trinajstić information content (AvgIpc) is 3.06. The number of guanidine groups is 1. The topological polar surface area (TPSA) is 65.7 Å². The van der Waals surface area contributed by atoms with E-state index in [0.29, 0.717) is 6.54 Å². The SMILES string of the molecule is CCNC(=NCc1ccc(CN2CCCCC2)cc1)NCCc1c(C)noc1C. The molecule has 0 amide bonds. The van der Waals surface area contributed by atoms with Crippen LogP contribution < -0.4 is 10.6 Å². The molecule has 0 saturated carbocycles. The van der Waals surface area contributed by atoms with Gasteiger partial charge >= 0.3 is 0 Å². The summed E-state index contributed by atoms with van der Waals surface area (Å²) >= 11 is 0. The minimum absolute atomic E-state index is 0.671. The molecule has 3 rings (SSSR count). The Morgan fingerprint density at radius 2 is 1.79 bits per heavy atom. The highest BCUT2D eigenvalue weighted by Crippen LogP contribution is 2.14. The van der Waals surface area contributed by atoms with Crippen LogP contribution in [-0.2, 0) is 19.5 Å². The second-order valence-corrected chi connectivity index (χ2v) is 7.83. The lowest BCUT2D eigenvalue weighted by molar-refractivity contribution is 0.221. The molecule has 6 nitrogen and oxygen atoms in total. The second-order valence-electron chi connectivity index (χ2n) is 7.83. The van der Waals surface area contributed by atoms with Gasteiger partial charge < -0.3 is 15.2 Å². The zero-order valence-electron chi connectivity index (χ0n) is 18.1. The van der Waals surface area contributed by atoms with Gasteiger partial charge in [0.15, 0.2) is 5.96 Å². The van der Waals surface area contributed by atoms with Crippen molar-refractivity contribution < 1.29 is 4.52 Å². The smallest absolute Gasteiger partial charge is 0.191 e. The Kier molecular flexibility index (Phi) is 8.11. The number of piperidine rings is 1. The number of rotatable bonds is 8. The van der Waals surface area contributed by atoms with E-state index in [-0.39, 0.29) is 0 Å². The molecule has 0 radical (unpaired) electrons. The molecule has 6 heteroatoms. The molecule has 29 heavy (non-hydrogen) atoms. The highest BCUT2D eigenvalue weighted by atomic mass is 16.5. The van der Waals surface area contributed by atoms with Gasteiger partial charge in [-0.2, -0.15) is 0 Å². The minimum atomic E-state index is 0.671. The maximum atomic E-state index is 5.24. The minimum Gasteiger partial charge on any atom is -0.361 e. The van der Waals surface area contributed by atoms with E-state index in [2.05, 4.69) is 51.9 Å². The van der Waals surface area contributed by atoms with Crippen LogP contribution in [0.2, 0.25) is 0 Å². The fraction of sp³-hybridized carbons (Fsp3) is 0.565. The summed E-state index contributed by atoms with van der Waals surface area (Å²) in [6.07, 6.45) is 4.93. The summed E-state index contributed by atoms with van der Waals surface area (Å²) in [6.45, 7) is 11.9. The highest BCUT2D eigenvalue weighted by Gasteiger charge is 2.10. The lowest BCUT2D eigenvalue weighted by Crippen LogP contribution is -2.38. The Morgan fingerprint density at radius 1 is 1.07 bits per heavy atom. The van der Waals surface area contributed by atoms with E-state index in [1.54, 1.807) is 0 Å². The number of hydrogen-bond donors (Lipinski definition) is 2. The maximum Gasteiger partial charge on any atom is 0.191 e. The van der Waals surface area contributed by atoms with E-state index in [1.807, 2.05) is 13.8 Å². The molecule has 0 atom stereocenters. The molecular weight excluding hydrogens is 362 g/mol. The highest BCUT2D eigenvalue weighted by molar-refractivity contribution is 5.79. The normalized spacial score (nSPS) is 15.5. The van der Waals surface area contributed by atoms with Gasteiger partial charge in [-0.05, 0) is 64.3 Å². The number of aryl methyl sites for hydroxylation is 2. The quantitative estimate of drug-likeness (QED) is 0.527. The molecule has 1 aromatic carbocycles. The number of nitrogens with one attached hydrogen (secondary N) is 2. The fourth-order valence-corrected chi connectivity index (χ4v) is 3.80. The van der Waals surface area contributed by atoms with E-state index in [4.69, 9.17) is 9.52 Å². The largest absolute Gasteiger partial charge is 0.361 e. The standard InChI is InChI=1S/C23H35N5O/c1-4-24-23(25-13-12-22-18(2)27-29-19(22)3)26-16-20-8-10-21(11-9-20)17-28-14-6-5-7-15-28/h8-11H,4-7,12-17H2,1-3H3,(H2,24,25,26). The van der Waals surface area contributed by atoms with Crippen molar-refractivity contribution in [2.75, 3.05) is 26.2 Å². The molecule has 0 spiro atoms. The molecule has 0 unspecified atom stereocenters. The van der Waals surface area contributed by atoms with Gasteiger partial charge in [-0.1, -0.05) is 35.8 Å². The summed E-state index contributed by atoms with van der Waals surface area (Å²) < 4.78 is 5.24. The summed E-state index contributed by atoms with van der Waals surface area (Å²) in [5.74, 6) is 1.74. The van der Waals surface area contributed by atoms with Crippen LogP contribution in [0.5, 0.6) is 0 Å². The molecule has 0 aliphatic carbocycles. The summed E-state index contributed by atoms with van der Waals surface area (Å²) in [7, 11) is 0. The van der Waals surface area contributed by atoms with Gasteiger partial charge in [-0.25, -0.2) is 4.99 Å². The first-order valence-electron chi connectivity index (χ1n) is 10.9. The molecule has 2 N–H and O–H groups in total. The van der Waals surface area contributed by atoms with Crippen molar-refractivity contribution in [2.45, 2.75) is 59.5 Å². The van der Waals surface area contributed by atoms with Crippen LogP contribution in [0, 0.1) is 13.8 Å². The van der Waals surface area contributed by atoms with E-state index in [1.165, 1.54) is 49.0 Å². The summed E-state index contributed by atoms with van der Waals surface area (Å²) in [4.78, 5) is 7.30. The Bertz CT molecular complexity index is 756. The Hall–Kier alpha value is -2.34. The average molecular weight is 398 g/mol. The third-order valence-corrected chi connectivity index (χ3v) is 5.49. The van der Waals surface area contributed by atoms with E-state index < -0.39 is 0 Å². The van der Waals surface area contributed by atoms with Crippen molar-refractivity contribution >= 4 is 5.96 Å². The molecular formula is C23H35N5O. The molecule has 1 fully saturated rings. The molecule has 1 aliphatic rings. The molecule has 2 aromatic rings. The zero-order valence-corrected chi connectivity index (χ0v) is 18.1. The molecule has 1 saturated heterocycles. The van der Waals surface area contributed by atoms with Crippen LogP contribution in [0.1, 0.15) is 54.3 Å². The predicted octanol–water partition coefficient (Wildman–Crippen LogP) is 3.58. The van der Waals surface area contributed by atoms with Gasteiger partial charge in [-0.15, -0.1) is 0 Å². The lowest BCUT2D eigenvalue weighted by Gasteiger charge is -2.26. The van der Waals surface area contributed by atoms with Crippen molar-refractivity contribution in [1.29, 1.82) is 0 Å². The van der Waals surface area contributed by atoms with Crippen LogP contribution in [0.4, 0.5) is 0 Å². The van der Waals surface area contributed by atoms with Crippen LogP contribution in [-0.4, -0.2) is 42.2 Å². The summed E-state index contributed by atoms with van der Waals surface area (Å²) in [5.41, 5.74) is 4.77. The number of aliphatic imine (C=N–C) groups is 1. The second kappa shape index (κ2) is 11.0. The Balaban J connectivity index is 1.49. The van der Waals surface area contributed by atoms with Gasteiger partial charge in [-0.3, -0.25) is 4.90 Å². The number of nitrogens with zero attached hydrogens (tertiary/aromatic N) is 3. The third kappa shape index (κ3) is 6.60. The van der Waals surface area contributed by atoms with Crippen LogP contribution in [0.25, 0.3) is 0 Å². The van der Waals surface area contributed by atoms with Crippen LogP contribution >= 0.6 is 0 Å². The van der Waals surface area contributed by atoms with Gasteiger partial charge in [0.25, 0.3) is 0 Å². The first-order valence-corrected chi connectivity index (χ1v) is 10.9. The van der Waals surface area contributed by atoms with Crippen LogP contribution in [0.15, 0.2) is 33.8 Å². The number of benzene rings is 1. The number of likely N-dealkylation sites (tertiary alicyclic amines) is 1. The van der Waals surface area contributed by atoms with Gasteiger partial charge in [0, 0.05) is 25.2 Å². The van der Waals surface area contributed by atoms with E-state index >= 15 is 0 Å². The number of aromatic nitrogens is 1. The van der Waals surface area contributed by atoms with Crippen LogP contribution in [0.3, 0.4) is 0 Å². The summed E-state index contributed by atoms with van der Waals surface area (Å²) in [6, 6.07) is 8.90. The molecule has 158 valence electrons. The zero-order chi connectivity index (χ0) is 20.5. The first kappa shape index (κ1) is 21.4.